The number of aromatic nitrogens is 1. The third-order valence-electron chi connectivity index (χ3n) is 5.46. The Hall–Kier alpha value is -2.83. The molecule has 0 aliphatic carbocycles. The standard InChI is InChI=1S/C21H27FN6/c22-18-3-5-19(6-4-18)26-11-13-28(14-12-26)21(23)25-16-17-7-8-24-20(15-17)27-9-1-2-10-27/h3-8,15H,1-2,9-14,16H2,(H2,23,25). The Morgan fingerprint density at radius 1 is 0.964 bits per heavy atom. The number of guanidine groups is 1. The summed E-state index contributed by atoms with van der Waals surface area (Å²) in [6.45, 7) is 6.03. The largest absolute Gasteiger partial charge is 0.370 e. The van der Waals surface area contributed by atoms with E-state index in [1.54, 1.807) is 0 Å². The summed E-state index contributed by atoms with van der Waals surface area (Å²) in [7, 11) is 0. The third-order valence-corrected chi connectivity index (χ3v) is 5.46. The van der Waals surface area contributed by atoms with Crippen molar-refractivity contribution in [3.8, 4) is 0 Å². The molecule has 28 heavy (non-hydrogen) atoms. The summed E-state index contributed by atoms with van der Waals surface area (Å²) < 4.78 is 13.1. The molecule has 3 heterocycles. The van der Waals surface area contributed by atoms with E-state index < -0.39 is 0 Å². The lowest BCUT2D eigenvalue weighted by molar-refractivity contribution is 0.380. The summed E-state index contributed by atoms with van der Waals surface area (Å²) in [5, 5.41) is 0. The molecule has 0 radical (unpaired) electrons. The zero-order chi connectivity index (χ0) is 19.3. The van der Waals surface area contributed by atoms with Gasteiger partial charge in [-0.15, -0.1) is 0 Å². The number of aliphatic imine (C=N–C) groups is 1. The van der Waals surface area contributed by atoms with Crippen LogP contribution in [0, 0.1) is 5.82 Å². The van der Waals surface area contributed by atoms with Crippen LogP contribution in [0.25, 0.3) is 0 Å². The highest BCUT2D eigenvalue weighted by molar-refractivity contribution is 5.78. The van der Waals surface area contributed by atoms with Gasteiger partial charge >= 0.3 is 0 Å². The maximum atomic E-state index is 13.1. The molecular formula is C21H27FN6. The number of anilines is 2. The van der Waals surface area contributed by atoms with Gasteiger partial charge in [0.1, 0.15) is 11.6 Å². The second-order valence-corrected chi connectivity index (χ2v) is 7.34. The molecule has 2 fully saturated rings. The molecule has 2 aliphatic heterocycles. The first-order valence-corrected chi connectivity index (χ1v) is 9.94. The highest BCUT2D eigenvalue weighted by atomic mass is 19.1. The Morgan fingerprint density at radius 3 is 2.39 bits per heavy atom. The van der Waals surface area contributed by atoms with Crippen molar-refractivity contribution in [1.82, 2.24) is 9.88 Å². The average molecular weight is 382 g/mol. The molecule has 6 nitrogen and oxygen atoms in total. The first-order valence-electron chi connectivity index (χ1n) is 9.94. The highest BCUT2D eigenvalue weighted by Crippen LogP contribution is 2.19. The van der Waals surface area contributed by atoms with Crippen LogP contribution in [0.5, 0.6) is 0 Å². The molecule has 0 spiro atoms. The topological polar surface area (TPSA) is 61.0 Å². The fourth-order valence-corrected chi connectivity index (χ4v) is 3.80. The molecule has 2 aliphatic rings. The number of rotatable bonds is 4. The predicted molar refractivity (Wildman–Crippen MR) is 111 cm³/mol. The van der Waals surface area contributed by atoms with Crippen molar-refractivity contribution < 1.29 is 4.39 Å². The van der Waals surface area contributed by atoms with Crippen LogP contribution < -0.4 is 15.5 Å². The Morgan fingerprint density at radius 2 is 1.68 bits per heavy atom. The molecule has 2 N–H and O–H groups in total. The molecule has 0 amide bonds. The first kappa shape index (κ1) is 18.5. The fraction of sp³-hybridized carbons (Fsp3) is 0.429. The van der Waals surface area contributed by atoms with Crippen LogP contribution in [0.15, 0.2) is 47.6 Å². The number of piperazine rings is 1. The minimum atomic E-state index is -0.206. The van der Waals surface area contributed by atoms with E-state index in [-0.39, 0.29) is 5.82 Å². The van der Waals surface area contributed by atoms with Gasteiger partial charge in [0, 0.05) is 51.2 Å². The SMILES string of the molecule is NC(=NCc1ccnc(N2CCCC2)c1)N1CCN(c2ccc(F)cc2)CC1. The van der Waals surface area contributed by atoms with Crippen LogP contribution in [0.3, 0.4) is 0 Å². The number of pyridine rings is 1. The second-order valence-electron chi connectivity index (χ2n) is 7.34. The average Bonchev–Trinajstić information content (AvgIpc) is 3.28. The molecule has 4 rings (SSSR count). The normalized spacial score (nSPS) is 18.0. The summed E-state index contributed by atoms with van der Waals surface area (Å²) in [6.07, 6.45) is 4.33. The molecule has 2 aromatic rings. The number of nitrogens with zero attached hydrogens (tertiary/aromatic N) is 5. The molecule has 7 heteroatoms. The van der Waals surface area contributed by atoms with Crippen LogP contribution in [-0.2, 0) is 6.54 Å². The zero-order valence-corrected chi connectivity index (χ0v) is 16.1. The van der Waals surface area contributed by atoms with E-state index >= 15 is 0 Å². The van der Waals surface area contributed by atoms with E-state index in [9.17, 15) is 4.39 Å². The summed E-state index contributed by atoms with van der Waals surface area (Å²) in [6, 6.07) is 10.8. The monoisotopic (exact) mass is 382 g/mol. The predicted octanol–water partition coefficient (Wildman–Crippen LogP) is 2.46. The molecule has 0 bridgehead atoms. The lowest BCUT2D eigenvalue weighted by Gasteiger charge is -2.36. The Bertz CT molecular complexity index is 808. The van der Waals surface area contributed by atoms with E-state index in [0.717, 1.165) is 56.3 Å². The van der Waals surface area contributed by atoms with Gasteiger partial charge in [0.15, 0.2) is 5.96 Å². The van der Waals surface area contributed by atoms with Gasteiger partial charge in [0.25, 0.3) is 0 Å². The van der Waals surface area contributed by atoms with Gasteiger partial charge in [-0.05, 0) is 54.8 Å². The molecule has 148 valence electrons. The summed E-state index contributed by atoms with van der Waals surface area (Å²) >= 11 is 0. The van der Waals surface area contributed by atoms with Gasteiger partial charge in [-0.1, -0.05) is 0 Å². The third kappa shape index (κ3) is 4.35. The highest BCUT2D eigenvalue weighted by Gasteiger charge is 2.19. The van der Waals surface area contributed by atoms with Crippen LogP contribution in [-0.4, -0.2) is 55.1 Å². The van der Waals surface area contributed by atoms with Gasteiger partial charge in [-0.25, -0.2) is 14.4 Å². The van der Waals surface area contributed by atoms with Gasteiger partial charge in [-0.2, -0.15) is 0 Å². The molecule has 2 saturated heterocycles. The van der Waals surface area contributed by atoms with Crippen molar-refractivity contribution in [3.05, 3.63) is 54.0 Å². The van der Waals surface area contributed by atoms with Gasteiger partial charge in [0.2, 0.25) is 0 Å². The van der Waals surface area contributed by atoms with Crippen molar-refractivity contribution in [3.63, 3.8) is 0 Å². The Balaban J connectivity index is 1.32. The fourth-order valence-electron chi connectivity index (χ4n) is 3.80. The van der Waals surface area contributed by atoms with Crippen molar-refractivity contribution in [2.24, 2.45) is 10.7 Å². The van der Waals surface area contributed by atoms with Gasteiger partial charge in [-0.3, -0.25) is 0 Å². The number of nitrogens with two attached hydrogens (primary N) is 1. The maximum absolute atomic E-state index is 13.1. The first-order chi connectivity index (χ1) is 13.7. The minimum Gasteiger partial charge on any atom is -0.370 e. The summed E-state index contributed by atoms with van der Waals surface area (Å²) in [4.78, 5) is 15.8. The molecular weight excluding hydrogens is 355 g/mol. The van der Waals surface area contributed by atoms with Crippen LogP contribution in [0.2, 0.25) is 0 Å². The van der Waals surface area contributed by atoms with Crippen molar-refractivity contribution in [2.45, 2.75) is 19.4 Å². The van der Waals surface area contributed by atoms with Crippen LogP contribution in [0.4, 0.5) is 15.9 Å². The van der Waals surface area contributed by atoms with Crippen LogP contribution >= 0.6 is 0 Å². The number of benzene rings is 1. The van der Waals surface area contributed by atoms with Crippen molar-refractivity contribution in [1.29, 1.82) is 0 Å². The van der Waals surface area contributed by atoms with E-state index in [0.29, 0.717) is 12.5 Å². The van der Waals surface area contributed by atoms with Gasteiger partial charge in [0.05, 0.1) is 6.54 Å². The van der Waals surface area contributed by atoms with E-state index in [4.69, 9.17) is 5.73 Å². The Labute approximate surface area is 165 Å². The number of hydrogen-bond acceptors (Lipinski definition) is 4. The zero-order valence-electron chi connectivity index (χ0n) is 16.1. The Kier molecular flexibility index (Phi) is 5.60. The summed E-state index contributed by atoms with van der Waals surface area (Å²) in [5.74, 6) is 1.41. The number of halogens is 1. The summed E-state index contributed by atoms with van der Waals surface area (Å²) in [5.41, 5.74) is 8.42. The lowest BCUT2D eigenvalue weighted by atomic mass is 10.2. The quantitative estimate of drug-likeness (QED) is 0.650. The molecule has 0 saturated carbocycles. The van der Waals surface area contributed by atoms with E-state index in [1.165, 1.54) is 25.0 Å². The number of hydrogen-bond donors (Lipinski definition) is 1. The van der Waals surface area contributed by atoms with Crippen molar-refractivity contribution >= 4 is 17.5 Å². The smallest absolute Gasteiger partial charge is 0.191 e. The minimum absolute atomic E-state index is 0.206. The molecule has 0 atom stereocenters. The second kappa shape index (κ2) is 8.46. The van der Waals surface area contributed by atoms with Crippen molar-refractivity contribution in [2.75, 3.05) is 49.1 Å². The molecule has 1 aromatic carbocycles. The van der Waals surface area contributed by atoms with Gasteiger partial charge < -0.3 is 20.4 Å². The lowest BCUT2D eigenvalue weighted by Crippen LogP contribution is -2.51. The van der Waals surface area contributed by atoms with E-state index in [1.807, 2.05) is 24.4 Å². The maximum Gasteiger partial charge on any atom is 0.191 e. The molecule has 0 unspecified atom stereocenters. The molecule has 1 aromatic heterocycles. The van der Waals surface area contributed by atoms with Crippen LogP contribution in [0.1, 0.15) is 18.4 Å². The van der Waals surface area contributed by atoms with E-state index in [2.05, 4.69) is 30.7 Å².